The van der Waals surface area contributed by atoms with Crippen LogP contribution in [0.3, 0.4) is 0 Å². The van der Waals surface area contributed by atoms with Gasteiger partial charge in [-0.15, -0.1) is 5.11 Å². The Kier molecular flexibility index (Phi) is 8.47. The summed E-state index contributed by atoms with van der Waals surface area (Å²) in [4.78, 5) is 24.9. The number of Topliss-reactive ketones (excluding diaryl/α,β-unsaturated/α-hetero) is 1. The average Bonchev–Trinajstić information content (AvgIpc) is 2.73. The van der Waals surface area contributed by atoms with Gasteiger partial charge >= 0.3 is 0 Å². The molecule has 0 saturated heterocycles. The molecule has 0 aliphatic carbocycles. The molecule has 0 heterocycles. The van der Waals surface area contributed by atoms with E-state index in [-0.39, 0.29) is 28.6 Å². The number of benzene rings is 2. The number of nitrogens with one attached hydrogen (secondary N) is 1. The Hall–Kier alpha value is -3.04. The highest BCUT2D eigenvalue weighted by molar-refractivity contribution is 6.31. The maximum absolute atomic E-state index is 12.8. The van der Waals surface area contributed by atoms with E-state index >= 15 is 0 Å². The second kappa shape index (κ2) is 10.8. The van der Waals surface area contributed by atoms with Crippen LogP contribution in [0.5, 0.6) is 23.0 Å². The second-order valence-electron chi connectivity index (χ2n) is 6.07. The van der Waals surface area contributed by atoms with E-state index in [0.29, 0.717) is 15.8 Å². The largest absolute Gasteiger partial charge is 0.494 e. The molecule has 1 atom stereocenters. The minimum Gasteiger partial charge on any atom is -0.494 e. The minimum atomic E-state index is -1.46. The highest BCUT2D eigenvalue weighted by Crippen LogP contribution is 2.41. The van der Waals surface area contributed by atoms with E-state index in [0.717, 1.165) is 0 Å². The van der Waals surface area contributed by atoms with Crippen molar-refractivity contribution in [2.24, 2.45) is 10.2 Å². The lowest BCUT2D eigenvalue weighted by molar-refractivity contribution is -0.126. The molecule has 0 bridgehead atoms. The van der Waals surface area contributed by atoms with Crippen LogP contribution in [0.25, 0.3) is 0 Å². The van der Waals surface area contributed by atoms with Crippen LogP contribution in [0.15, 0.2) is 34.5 Å². The van der Waals surface area contributed by atoms with E-state index < -0.39 is 17.7 Å². The molecule has 31 heavy (non-hydrogen) atoms. The lowest BCUT2D eigenvalue weighted by Crippen LogP contribution is -2.32. The summed E-state index contributed by atoms with van der Waals surface area (Å²) < 4.78 is 21.0. The Morgan fingerprint density at radius 1 is 0.871 bits per heavy atom. The van der Waals surface area contributed by atoms with E-state index in [9.17, 15) is 9.59 Å². The SMILES string of the molecule is COc1cc(Cl)cc(OC)c1N=NC(C(C)=O)C(=O)Nc1cc(Cl)cc(OC)c1OC. The molecular formula is C20H21Cl2N3O6. The molecule has 1 unspecified atom stereocenters. The first-order chi connectivity index (χ1) is 14.7. The first-order valence-electron chi connectivity index (χ1n) is 8.80. The van der Waals surface area contributed by atoms with Gasteiger partial charge in [0, 0.05) is 28.2 Å². The molecular weight excluding hydrogens is 449 g/mol. The van der Waals surface area contributed by atoms with Crippen LogP contribution in [-0.2, 0) is 9.59 Å². The number of carbonyl (C=O) groups excluding carboxylic acids is 2. The van der Waals surface area contributed by atoms with Gasteiger partial charge in [0.05, 0.1) is 34.1 Å². The fourth-order valence-electron chi connectivity index (χ4n) is 2.62. The summed E-state index contributed by atoms with van der Waals surface area (Å²) >= 11 is 12.1. The predicted molar refractivity (Wildman–Crippen MR) is 117 cm³/mol. The van der Waals surface area contributed by atoms with Gasteiger partial charge in [-0.3, -0.25) is 9.59 Å². The van der Waals surface area contributed by atoms with Gasteiger partial charge in [0.2, 0.25) is 6.04 Å². The van der Waals surface area contributed by atoms with Gasteiger partial charge in [-0.2, -0.15) is 5.11 Å². The molecule has 166 valence electrons. The first-order valence-corrected chi connectivity index (χ1v) is 9.56. The van der Waals surface area contributed by atoms with E-state index in [2.05, 4.69) is 15.5 Å². The number of carbonyl (C=O) groups is 2. The summed E-state index contributed by atoms with van der Waals surface area (Å²) in [5, 5.41) is 11.2. The number of hydrogen-bond acceptors (Lipinski definition) is 8. The van der Waals surface area contributed by atoms with Gasteiger partial charge in [0.15, 0.2) is 34.5 Å². The number of azo groups is 1. The summed E-state index contributed by atoms with van der Waals surface area (Å²) in [7, 11) is 5.66. The van der Waals surface area contributed by atoms with Crippen LogP contribution < -0.4 is 24.3 Å². The standard InChI is InChI=1S/C20H21Cl2N3O6/c1-10(26)17(24-25-18-14(28-2)7-12(22)8-15(18)29-3)20(27)23-13-6-11(21)9-16(30-4)19(13)31-5/h6-9,17H,1-5H3,(H,23,27). The zero-order valence-electron chi connectivity index (χ0n) is 17.5. The molecule has 2 aromatic carbocycles. The number of methoxy groups -OCH3 is 4. The van der Waals surface area contributed by atoms with Gasteiger partial charge in [0.25, 0.3) is 5.91 Å². The molecule has 1 N–H and O–H groups in total. The number of anilines is 1. The van der Waals surface area contributed by atoms with Crippen molar-refractivity contribution in [1.82, 2.24) is 0 Å². The molecule has 2 aromatic rings. The quantitative estimate of drug-likeness (QED) is 0.420. The molecule has 0 radical (unpaired) electrons. The molecule has 0 spiro atoms. The number of rotatable bonds is 9. The number of halogens is 2. The van der Waals surface area contributed by atoms with Crippen molar-refractivity contribution in [2.45, 2.75) is 13.0 Å². The predicted octanol–water partition coefficient (Wildman–Crippen LogP) is 4.71. The Bertz CT molecular complexity index is 988. The number of amides is 1. The topological polar surface area (TPSA) is 108 Å². The van der Waals surface area contributed by atoms with Crippen LogP contribution in [0, 0.1) is 0 Å². The molecule has 1 amide bonds. The van der Waals surface area contributed by atoms with Gasteiger partial charge in [-0.05, 0) is 13.0 Å². The maximum Gasteiger partial charge on any atom is 0.258 e. The maximum atomic E-state index is 12.8. The zero-order chi connectivity index (χ0) is 23.1. The third-order valence-corrected chi connectivity index (χ3v) is 4.49. The van der Waals surface area contributed by atoms with E-state index in [1.54, 1.807) is 0 Å². The first kappa shape index (κ1) is 24.2. The Labute approximate surface area is 189 Å². The highest BCUT2D eigenvalue weighted by Gasteiger charge is 2.26. The van der Waals surface area contributed by atoms with Crippen molar-refractivity contribution in [3.05, 3.63) is 34.3 Å². The summed E-state index contributed by atoms with van der Waals surface area (Å²) in [6.45, 7) is 1.22. The zero-order valence-corrected chi connectivity index (χ0v) is 19.0. The van der Waals surface area contributed by atoms with E-state index in [4.69, 9.17) is 42.1 Å². The number of hydrogen-bond donors (Lipinski definition) is 1. The molecule has 0 aliphatic heterocycles. The van der Waals surface area contributed by atoms with E-state index in [1.807, 2.05) is 0 Å². The molecule has 2 rings (SSSR count). The fourth-order valence-corrected chi connectivity index (χ4v) is 3.02. The molecule has 0 fully saturated rings. The van der Waals surface area contributed by atoms with Crippen LogP contribution in [-0.4, -0.2) is 46.2 Å². The van der Waals surface area contributed by atoms with Crippen LogP contribution in [0.2, 0.25) is 10.0 Å². The Morgan fingerprint density at radius 2 is 1.39 bits per heavy atom. The van der Waals surface area contributed by atoms with Gasteiger partial charge in [0.1, 0.15) is 0 Å². The summed E-state index contributed by atoms with van der Waals surface area (Å²) in [6.07, 6.45) is 0. The van der Waals surface area contributed by atoms with Crippen molar-refractivity contribution >= 4 is 46.3 Å². The van der Waals surface area contributed by atoms with Gasteiger partial charge < -0.3 is 24.3 Å². The molecule has 0 aromatic heterocycles. The Balaban J connectivity index is 2.40. The molecule has 0 saturated carbocycles. The highest BCUT2D eigenvalue weighted by atomic mass is 35.5. The van der Waals surface area contributed by atoms with Crippen LogP contribution in [0.4, 0.5) is 11.4 Å². The second-order valence-corrected chi connectivity index (χ2v) is 6.94. The van der Waals surface area contributed by atoms with Crippen molar-refractivity contribution in [3.8, 4) is 23.0 Å². The average molecular weight is 470 g/mol. The summed E-state index contributed by atoms with van der Waals surface area (Å²) in [5.41, 5.74) is 0.385. The lowest BCUT2D eigenvalue weighted by atomic mass is 10.2. The summed E-state index contributed by atoms with van der Waals surface area (Å²) in [6, 6.07) is 4.53. The normalized spacial score (nSPS) is 11.7. The van der Waals surface area contributed by atoms with Gasteiger partial charge in [-0.25, -0.2) is 0 Å². The van der Waals surface area contributed by atoms with Crippen molar-refractivity contribution in [2.75, 3.05) is 33.8 Å². The fraction of sp³-hybridized carbons (Fsp3) is 0.300. The Morgan fingerprint density at radius 3 is 1.87 bits per heavy atom. The van der Waals surface area contributed by atoms with Gasteiger partial charge in [-0.1, -0.05) is 23.2 Å². The third kappa shape index (κ3) is 5.77. The molecule has 11 heteroatoms. The smallest absolute Gasteiger partial charge is 0.258 e. The minimum absolute atomic E-state index is 0.176. The molecule has 0 aliphatic rings. The third-order valence-electron chi connectivity index (χ3n) is 4.05. The van der Waals surface area contributed by atoms with Crippen LogP contribution in [0.1, 0.15) is 6.92 Å². The number of nitrogens with zero attached hydrogens (tertiary/aromatic N) is 2. The summed E-state index contributed by atoms with van der Waals surface area (Å²) in [5.74, 6) is -0.219. The van der Waals surface area contributed by atoms with Crippen LogP contribution >= 0.6 is 23.2 Å². The monoisotopic (exact) mass is 469 g/mol. The van der Waals surface area contributed by atoms with Crippen molar-refractivity contribution in [3.63, 3.8) is 0 Å². The lowest BCUT2D eigenvalue weighted by Gasteiger charge is -2.16. The van der Waals surface area contributed by atoms with Crippen molar-refractivity contribution in [1.29, 1.82) is 0 Å². The number of ketones is 1. The van der Waals surface area contributed by atoms with Crippen molar-refractivity contribution < 1.29 is 28.5 Å². The van der Waals surface area contributed by atoms with E-state index in [1.165, 1.54) is 59.6 Å². The number of ether oxygens (including phenoxy) is 4. The molecule has 9 nitrogen and oxygen atoms in total.